The minimum absolute atomic E-state index is 0.501. The molecule has 0 spiro atoms. The predicted molar refractivity (Wildman–Crippen MR) is 74.4 cm³/mol. The Labute approximate surface area is 106 Å². The van der Waals surface area contributed by atoms with Crippen molar-refractivity contribution in [2.24, 2.45) is 5.92 Å². The average Bonchev–Trinajstić information content (AvgIpc) is 2.58. The number of imidazole rings is 1. The molecule has 1 unspecified atom stereocenters. The number of anilines is 1. The van der Waals surface area contributed by atoms with Crippen LogP contribution in [0.5, 0.6) is 0 Å². The molecule has 17 heavy (non-hydrogen) atoms. The molecule has 98 valence electrons. The largest absolute Gasteiger partial charge is 0.353 e. The van der Waals surface area contributed by atoms with E-state index in [2.05, 4.69) is 48.8 Å². The summed E-state index contributed by atoms with van der Waals surface area (Å²) in [7, 11) is 0. The number of aromatic nitrogens is 2. The molecule has 1 atom stereocenters. The lowest BCUT2D eigenvalue weighted by atomic mass is 10.0. The summed E-state index contributed by atoms with van der Waals surface area (Å²) in [5.41, 5.74) is 1.09. The van der Waals surface area contributed by atoms with Gasteiger partial charge in [-0.1, -0.05) is 26.7 Å². The Hall–Kier alpha value is -0.990. The number of hydrogen-bond donors (Lipinski definition) is 1. The number of hydrogen-bond acceptors (Lipinski definition) is 2. The molecule has 1 aromatic heterocycles. The highest BCUT2D eigenvalue weighted by Gasteiger charge is 2.08. The molecule has 0 aliphatic rings. The van der Waals surface area contributed by atoms with Crippen LogP contribution in [0.25, 0.3) is 0 Å². The molecular weight excluding hydrogens is 210 g/mol. The van der Waals surface area contributed by atoms with Crippen LogP contribution in [0.15, 0.2) is 6.20 Å². The molecule has 1 N–H and O–H groups in total. The Bertz CT molecular complexity index is 328. The summed E-state index contributed by atoms with van der Waals surface area (Å²) in [5, 5.41) is 3.51. The minimum atomic E-state index is 0.501. The number of aryl methyl sites for hydroxylation is 2. The lowest BCUT2D eigenvalue weighted by Crippen LogP contribution is -2.18. The molecule has 0 saturated carbocycles. The van der Waals surface area contributed by atoms with Crippen LogP contribution >= 0.6 is 0 Å². The van der Waals surface area contributed by atoms with E-state index in [0.717, 1.165) is 24.1 Å². The van der Waals surface area contributed by atoms with Crippen molar-refractivity contribution < 1.29 is 0 Å². The summed E-state index contributed by atoms with van der Waals surface area (Å²) in [5.74, 6) is 1.82. The molecule has 0 aliphatic carbocycles. The molecule has 0 amide bonds. The smallest absolute Gasteiger partial charge is 0.203 e. The van der Waals surface area contributed by atoms with Crippen LogP contribution in [0.2, 0.25) is 0 Å². The highest BCUT2D eigenvalue weighted by molar-refractivity contribution is 5.29. The molecule has 0 bridgehead atoms. The van der Waals surface area contributed by atoms with E-state index < -0.39 is 0 Å². The van der Waals surface area contributed by atoms with Gasteiger partial charge in [0.1, 0.15) is 0 Å². The van der Waals surface area contributed by atoms with Crippen molar-refractivity contribution in [3.63, 3.8) is 0 Å². The van der Waals surface area contributed by atoms with Gasteiger partial charge in [0.05, 0.1) is 5.69 Å². The van der Waals surface area contributed by atoms with Crippen LogP contribution in [0.3, 0.4) is 0 Å². The van der Waals surface area contributed by atoms with Gasteiger partial charge in [0.15, 0.2) is 0 Å². The monoisotopic (exact) mass is 237 g/mol. The SMILES string of the molecule is CCn1cc(C)nc1NC(C)CCCC(C)C. The van der Waals surface area contributed by atoms with Crippen molar-refractivity contribution in [3.8, 4) is 0 Å². The van der Waals surface area contributed by atoms with Gasteiger partial charge in [0.2, 0.25) is 5.95 Å². The van der Waals surface area contributed by atoms with Crippen molar-refractivity contribution in [2.45, 2.75) is 66.5 Å². The standard InChI is InChI=1S/C14H27N3/c1-6-17-10-13(5)16-14(17)15-12(4)9-7-8-11(2)3/h10-12H,6-9H2,1-5H3,(H,15,16). The molecule has 1 rings (SSSR count). The summed E-state index contributed by atoms with van der Waals surface area (Å²) in [6.07, 6.45) is 5.92. The quantitative estimate of drug-likeness (QED) is 0.781. The number of nitrogens with zero attached hydrogens (tertiary/aromatic N) is 2. The Balaban J connectivity index is 2.41. The van der Waals surface area contributed by atoms with Crippen molar-refractivity contribution in [1.29, 1.82) is 0 Å². The van der Waals surface area contributed by atoms with E-state index >= 15 is 0 Å². The first-order valence-electron chi connectivity index (χ1n) is 6.83. The van der Waals surface area contributed by atoms with Gasteiger partial charge in [-0.05, 0) is 33.1 Å². The normalized spacial score (nSPS) is 13.1. The van der Waals surface area contributed by atoms with Crippen LogP contribution in [0, 0.1) is 12.8 Å². The fourth-order valence-corrected chi connectivity index (χ4v) is 2.03. The molecule has 0 radical (unpaired) electrons. The van der Waals surface area contributed by atoms with E-state index in [0.29, 0.717) is 6.04 Å². The summed E-state index contributed by atoms with van der Waals surface area (Å²) in [6.45, 7) is 12.0. The molecule has 3 heteroatoms. The van der Waals surface area contributed by atoms with Crippen molar-refractivity contribution in [3.05, 3.63) is 11.9 Å². The molecule has 3 nitrogen and oxygen atoms in total. The first-order chi connectivity index (χ1) is 8.02. The van der Waals surface area contributed by atoms with Gasteiger partial charge < -0.3 is 9.88 Å². The van der Waals surface area contributed by atoms with Gasteiger partial charge in [-0.2, -0.15) is 0 Å². The summed E-state index contributed by atoms with van der Waals surface area (Å²) < 4.78 is 2.17. The maximum absolute atomic E-state index is 4.52. The predicted octanol–water partition coefficient (Wildman–Crippen LogP) is 3.84. The Morgan fingerprint density at radius 3 is 2.59 bits per heavy atom. The van der Waals surface area contributed by atoms with Crippen LogP contribution in [-0.2, 0) is 6.54 Å². The second kappa shape index (κ2) is 6.67. The average molecular weight is 237 g/mol. The van der Waals surface area contributed by atoms with Crippen molar-refractivity contribution in [2.75, 3.05) is 5.32 Å². The van der Waals surface area contributed by atoms with Gasteiger partial charge in [0, 0.05) is 18.8 Å². The van der Waals surface area contributed by atoms with Gasteiger partial charge in [-0.3, -0.25) is 0 Å². The van der Waals surface area contributed by atoms with Gasteiger partial charge in [-0.25, -0.2) is 4.98 Å². The van der Waals surface area contributed by atoms with E-state index in [1.165, 1.54) is 19.3 Å². The highest BCUT2D eigenvalue weighted by atomic mass is 15.2. The first kappa shape index (κ1) is 14.1. The van der Waals surface area contributed by atoms with Crippen LogP contribution in [-0.4, -0.2) is 15.6 Å². The molecule has 0 aromatic carbocycles. The third kappa shape index (κ3) is 4.80. The van der Waals surface area contributed by atoms with E-state index in [1.807, 2.05) is 6.92 Å². The first-order valence-corrected chi connectivity index (χ1v) is 6.83. The second-order valence-electron chi connectivity index (χ2n) is 5.36. The summed E-state index contributed by atoms with van der Waals surface area (Å²) in [6, 6.07) is 0.501. The van der Waals surface area contributed by atoms with Gasteiger partial charge in [0.25, 0.3) is 0 Å². The number of nitrogens with one attached hydrogen (secondary N) is 1. The van der Waals surface area contributed by atoms with Gasteiger partial charge >= 0.3 is 0 Å². The van der Waals surface area contributed by atoms with Crippen molar-refractivity contribution in [1.82, 2.24) is 9.55 Å². The molecule has 0 aliphatic heterocycles. The van der Waals surface area contributed by atoms with Crippen LogP contribution in [0.4, 0.5) is 5.95 Å². The lowest BCUT2D eigenvalue weighted by Gasteiger charge is -2.15. The van der Waals surface area contributed by atoms with E-state index in [4.69, 9.17) is 0 Å². The maximum Gasteiger partial charge on any atom is 0.203 e. The van der Waals surface area contributed by atoms with Crippen LogP contribution in [0.1, 0.15) is 52.7 Å². The fraction of sp³-hybridized carbons (Fsp3) is 0.786. The Kier molecular flexibility index (Phi) is 5.52. The molecular formula is C14H27N3. The van der Waals surface area contributed by atoms with E-state index in [9.17, 15) is 0 Å². The van der Waals surface area contributed by atoms with E-state index in [-0.39, 0.29) is 0 Å². The molecule has 0 saturated heterocycles. The number of rotatable bonds is 7. The third-order valence-corrected chi connectivity index (χ3v) is 3.03. The zero-order chi connectivity index (χ0) is 12.8. The fourth-order valence-electron chi connectivity index (χ4n) is 2.03. The zero-order valence-electron chi connectivity index (χ0n) is 12.0. The highest BCUT2D eigenvalue weighted by Crippen LogP contribution is 2.13. The molecule has 1 heterocycles. The maximum atomic E-state index is 4.52. The topological polar surface area (TPSA) is 29.9 Å². The lowest BCUT2D eigenvalue weighted by molar-refractivity contribution is 0.518. The molecule has 0 fully saturated rings. The zero-order valence-corrected chi connectivity index (χ0v) is 12.0. The second-order valence-corrected chi connectivity index (χ2v) is 5.36. The van der Waals surface area contributed by atoms with Crippen molar-refractivity contribution >= 4 is 5.95 Å². The molecule has 1 aromatic rings. The summed E-state index contributed by atoms with van der Waals surface area (Å²) in [4.78, 5) is 4.52. The Morgan fingerprint density at radius 2 is 2.00 bits per heavy atom. The van der Waals surface area contributed by atoms with Gasteiger partial charge in [-0.15, -0.1) is 0 Å². The Morgan fingerprint density at radius 1 is 1.29 bits per heavy atom. The van der Waals surface area contributed by atoms with E-state index in [1.54, 1.807) is 0 Å². The van der Waals surface area contributed by atoms with Crippen LogP contribution < -0.4 is 5.32 Å². The third-order valence-electron chi connectivity index (χ3n) is 3.03. The summed E-state index contributed by atoms with van der Waals surface area (Å²) >= 11 is 0. The minimum Gasteiger partial charge on any atom is -0.353 e.